The van der Waals surface area contributed by atoms with Gasteiger partial charge in [0.1, 0.15) is 10.8 Å². The second-order valence-corrected chi connectivity index (χ2v) is 4.90. The van der Waals surface area contributed by atoms with Crippen molar-refractivity contribution in [3.63, 3.8) is 0 Å². The summed E-state index contributed by atoms with van der Waals surface area (Å²) in [5, 5.41) is 4.24. The Morgan fingerprint density at radius 3 is 2.59 bits per heavy atom. The summed E-state index contributed by atoms with van der Waals surface area (Å²) in [6, 6.07) is 14.5. The number of nitrogens with one attached hydrogen (secondary N) is 1. The molecule has 1 aromatic carbocycles. The molecule has 1 aromatic heterocycles. The quantitative estimate of drug-likeness (QED) is 0.880. The van der Waals surface area contributed by atoms with Crippen molar-refractivity contribution in [1.29, 1.82) is 0 Å². The number of hydrogen-bond donors (Lipinski definition) is 1. The van der Waals surface area contributed by atoms with Crippen molar-refractivity contribution in [2.45, 2.75) is 23.8 Å². The molecular formula is C14H16N2S. The van der Waals surface area contributed by atoms with Crippen molar-refractivity contribution in [3.8, 4) is 0 Å². The van der Waals surface area contributed by atoms with Gasteiger partial charge in [0.15, 0.2) is 0 Å². The molecule has 0 aliphatic rings. The van der Waals surface area contributed by atoms with Crippen LogP contribution in [0.15, 0.2) is 52.4 Å². The van der Waals surface area contributed by atoms with Crippen LogP contribution in [0.1, 0.15) is 12.5 Å². The minimum atomic E-state index is 0.894. The van der Waals surface area contributed by atoms with E-state index in [0.29, 0.717) is 0 Å². The Morgan fingerprint density at radius 2 is 1.88 bits per heavy atom. The molecule has 2 nitrogen and oxygen atoms in total. The first kappa shape index (κ1) is 12.0. The number of aromatic nitrogens is 1. The molecular weight excluding hydrogens is 228 g/mol. The van der Waals surface area contributed by atoms with E-state index in [2.05, 4.69) is 48.4 Å². The Morgan fingerprint density at radius 1 is 1.12 bits per heavy atom. The Kier molecular flexibility index (Phi) is 4.04. The zero-order valence-corrected chi connectivity index (χ0v) is 10.9. The summed E-state index contributed by atoms with van der Waals surface area (Å²) < 4.78 is 0. The lowest BCUT2D eigenvalue weighted by Crippen LogP contribution is -1.98. The number of rotatable bonds is 4. The van der Waals surface area contributed by atoms with Gasteiger partial charge in [0.05, 0.1) is 0 Å². The molecule has 2 aromatic rings. The fourth-order valence-electron chi connectivity index (χ4n) is 1.48. The predicted octanol–water partition coefficient (Wildman–Crippen LogP) is 3.97. The molecule has 2 rings (SSSR count). The maximum atomic E-state index is 4.53. The van der Waals surface area contributed by atoms with Crippen LogP contribution in [0.3, 0.4) is 0 Å². The Balaban J connectivity index is 2.12. The molecule has 3 heteroatoms. The van der Waals surface area contributed by atoms with Crippen LogP contribution in [0.5, 0.6) is 0 Å². The zero-order valence-electron chi connectivity index (χ0n) is 10.1. The minimum Gasteiger partial charge on any atom is -0.370 e. The molecule has 1 heterocycles. The Labute approximate surface area is 106 Å². The molecule has 0 aliphatic carbocycles. The van der Waals surface area contributed by atoms with Gasteiger partial charge in [0.2, 0.25) is 0 Å². The Hall–Kier alpha value is -1.48. The van der Waals surface area contributed by atoms with Crippen molar-refractivity contribution in [1.82, 2.24) is 4.98 Å². The normalized spacial score (nSPS) is 10.2. The maximum absolute atomic E-state index is 4.53. The van der Waals surface area contributed by atoms with Gasteiger partial charge in [-0.1, -0.05) is 35.5 Å². The summed E-state index contributed by atoms with van der Waals surface area (Å²) in [5.74, 6) is 0.935. The maximum Gasteiger partial charge on any atom is 0.127 e. The number of hydrogen-bond acceptors (Lipinski definition) is 3. The lowest BCUT2D eigenvalue weighted by Gasteiger charge is -2.05. The summed E-state index contributed by atoms with van der Waals surface area (Å²) in [4.78, 5) is 5.75. The van der Waals surface area contributed by atoms with Gasteiger partial charge in [-0.15, -0.1) is 0 Å². The van der Waals surface area contributed by atoms with Crippen LogP contribution in [-0.4, -0.2) is 11.5 Å². The molecule has 17 heavy (non-hydrogen) atoms. The van der Waals surface area contributed by atoms with Gasteiger partial charge in [0.25, 0.3) is 0 Å². The van der Waals surface area contributed by atoms with Crippen LogP contribution in [0.25, 0.3) is 0 Å². The molecule has 88 valence electrons. The summed E-state index contributed by atoms with van der Waals surface area (Å²) in [6.07, 6.45) is 0. The first-order valence-corrected chi connectivity index (χ1v) is 6.55. The van der Waals surface area contributed by atoms with Crippen LogP contribution in [0.2, 0.25) is 0 Å². The van der Waals surface area contributed by atoms with E-state index in [1.807, 2.05) is 18.2 Å². The third-order valence-corrected chi connectivity index (χ3v) is 3.27. The molecule has 1 N–H and O–H groups in total. The van der Waals surface area contributed by atoms with E-state index in [0.717, 1.165) is 17.4 Å². The minimum absolute atomic E-state index is 0.894. The van der Waals surface area contributed by atoms with Crippen LogP contribution in [-0.2, 0) is 0 Å². The molecule has 0 radical (unpaired) electrons. The van der Waals surface area contributed by atoms with Crippen molar-refractivity contribution < 1.29 is 0 Å². The van der Waals surface area contributed by atoms with Crippen molar-refractivity contribution in [2.24, 2.45) is 0 Å². The molecule has 0 atom stereocenters. The lowest BCUT2D eigenvalue weighted by molar-refractivity contribution is 1.08. The summed E-state index contributed by atoms with van der Waals surface area (Å²) in [5.41, 5.74) is 1.28. The van der Waals surface area contributed by atoms with E-state index in [9.17, 15) is 0 Å². The van der Waals surface area contributed by atoms with Crippen molar-refractivity contribution in [2.75, 3.05) is 11.9 Å². The van der Waals surface area contributed by atoms with Crippen LogP contribution in [0.4, 0.5) is 5.82 Å². The van der Waals surface area contributed by atoms with Crippen LogP contribution < -0.4 is 5.32 Å². The monoisotopic (exact) mass is 244 g/mol. The predicted molar refractivity (Wildman–Crippen MR) is 73.7 cm³/mol. The molecule has 0 aliphatic heterocycles. The topological polar surface area (TPSA) is 24.9 Å². The number of nitrogens with zero attached hydrogens (tertiary/aromatic N) is 1. The van der Waals surface area contributed by atoms with Gasteiger partial charge in [-0.3, -0.25) is 0 Å². The molecule has 0 amide bonds. The van der Waals surface area contributed by atoms with E-state index < -0.39 is 0 Å². The number of benzene rings is 1. The van der Waals surface area contributed by atoms with Crippen molar-refractivity contribution >= 4 is 17.6 Å². The highest BCUT2D eigenvalue weighted by atomic mass is 32.2. The fraction of sp³-hybridized carbons (Fsp3) is 0.214. The SMILES string of the molecule is CCNc1cccc(Sc2ccc(C)cc2)n1. The third-order valence-electron chi connectivity index (χ3n) is 2.32. The van der Waals surface area contributed by atoms with Crippen molar-refractivity contribution in [3.05, 3.63) is 48.0 Å². The van der Waals surface area contributed by atoms with Gasteiger partial charge in [-0.05, 0) is 38.1 Å². The average Bonchev–Trinajstić information content (AvgIpc) is 2.33. The standard InChI is InChI=1S/C14H16N2S/c1-3-15-13-5-4-6-14(16-13)17-12-9-7-11(2)8-10-12/h4-10H,3H2,1-2H3,(H,15,16). The van der Waals surface area contributed by atoms with Gasteiger partial charge < -0.3 is 5.32 Å². The summed E-state index contributed by atoms with van der Waals surface area (Å²) in [7, 11) is 0. The van der Waals surface area contributed by atoms with Gasteiger partial charge in [-0.2, -0.15) is 0 Å². The fourth-order valence-corrected chi connectivity index (χ4v) is 2.28. The molecule has 0 spiro atoms. The second-order valence-electron chi connectivity index (χ2n) is 3.81. The highest BCUT2D eigenvalue weighted by Crippen LogP contribution is 2.26. The van der Waals surface area contributed by atoms with Crippen LogP contribution >= 0.6 is 11.8 Å². The van der Waals surface area contributed by atoms with Gasteiger partial charge in [0, 0.05) is 11.4 Å². The van der Waals surface area contributed by atoms with E-state index in [-0.39, 0.29) is 0 Å². The highest BCUT2D eigenvalue weighted by molar-refractivity contribution is 7.99. The third kappa shape index (κ3) is 3.49. The van der Waals surface area contributed by atoms with Crippen LogP contribution in [0, 0.1) is 6.92 Å². The highest BCUT2D eigenvalue weighted by Gasteiger charge is 1.99. The van der Waals surface area contributed by atoms with E-state index in [1.165, 1.54) is 10.5 Å². The van der Waals surface area contributed by atoms with Gasteiger partial charge >= 0.3 is 0 Å². The van der Waals surface area contributed by atoms with E-state index in [4.69, 9.17) is 0 Å². The summed E-state index contributed by atoms with van der Waals surface area (Å²) in [6.45, 7) is 5.06. The molecule has 0 saturated carbocycles. The van der Waals surface area contributed by atoms with Gasteiger partial charge in [-0.25, -0.2) is 4.98 Å². The van der Waals surface area contributed by atoms with E-state index >= 15 is 0 Å². The molecule has 0 saturated heterocycles. The Bertz CT molecular complexity index is 480. The zero-order chi connectivity index (χ0) is 12.1. The molecule has 0 unspecified atom stereocenters. The number of anilines is 1. The van der Waals surface area contributed by atoms with E-state index in [1.54, 1.807) is 11.8 Å². The average molecular weight is 244 g/mol. The first-order valence-electron chi connectivity index (χ1n) is 5.73. The molecule has 0 bridgehead atoms. The number of aryl methyl sites for hydroxylation is 1. The smallest absolute Gasteiger partial charge is 0.127 e. The number of pyridine rings is 1. The first-order chi connectivity index (χ1) is 8.28. The second kappa shape index (κ2) is 5.73. The largest absolute Gasteiger partial charge is 0.370 e. The lowest BCUT2D eigenvalue weighted by atomic mass is 10.2. The molecule has 0 fully saturated rings. The summed E-state index contributed by atoms with van der Waals surface area (Å²) >= 11 is 1.69.